The Morgan fingerprint density at radius 1 is 1.21 bits per heavy atom. The van der Waals surface area contributed by atoms with Crippen molar-refractivity contribution < 1.29 is 9.90 Å². The molecule has 1 aliphatic heterocycles. The number of benzene rings is 1. The number of nitrogens with zero attached hydrogens (tertiary/aromatic N) is 5. The van der Waals surface area contributed by atoms with Crippen molar-refractivity contribution in [3.05, 3.63) is 87.4 Å². The lowest BCUT2D eigenvalue weighted by Crippen LogP contribution is -2.36. The summed E-state index contributed by atoms with van der Waals surface area (Å²) in [6.45, 7) is 4.50. The van der Waals surface area contributed by atoms with Gasteiger partial charge in [0.15, 0.2) is 11.4 Å². The summed E-state index contributed by atoms with van der Waals surface area (Å²) in [5.41, 5.74) is 2.92. The maximum absolute atomic E-state index is 13.0. The van der Waals surface area contributed by atoms with Crippen LogP contribution >= 0.6 is 0 Å². The lowest BCUT2D eigenvalue weighted by Gasteiger charge is -2.29. The largest absolute Gasteiger partial charge is 0.386 e. The van der Waals surface area contributed by atoms with Crippen molar-refractivity contribution in [2.24, 2.45) is 0 Å². The van der Waals surface area contributed by atoms with E-state index in [-0.39, 0.29) is 17.8 Å². The molecule has 0 spiro atoms. The third-order valence-corrected chi connectivity index (χ3v) is 5.98. The number of aromatic nitrogens is 5. The smallest absolute Gasteiger partial charge is 0.255 e. The predicted octanol–water partition coefficient (Wildman–Crippen LogP) is 2.03. The molecule has 0 fully saturated rings. The number of hydrogen-bond acceptors (Lipinski definition) is 7. The number of fused-ring (bicyclic) bond motifs is 2. The van der Waals surface area contributed by atoms with Crippen molar-refractivity contribution >= 4 is 17.2 Å². The van der Waals surface area contributed by atoms with Crippen LogP contribution in [0, 0.1) is 0 Å². The zero-order valence-electron chi connectivity index (χ0n) is 18.4. The number of nitrogens with one attached hydrogen (secondary N) is 1. The fourth-order valence-electron chi connectivity index (χ4n) is 4.14. The molecule has 0 aliphatic carbocycles. The van der Waals surface area contributed by atoms with Crippen molar-refractivity contribution in [2.75, 3.05) is 11.4 Å². The van der Waals surface area contributed by atoms with Gasteiger partial charge in [-0.3, -0.25) is 9.59 Å². The molecule has 5 rings (SSSR count). The molecule has 4 aromatic rings. The number of hydrogen-bond donors (Lipinski definition) is 2. The van der Waals surface area contributed by atoms with E-state index in [1.165, 1.54) is 6.33 Å². The van der Waals surface area contributed by atoms with Crippen molar-refractivity contribution in [1.29, 1.82) is 0 Å². The Hall–Kier alpha value is -3.85. The lowest BCUT2D eigenvalue weighted by atomic mass is 9.96. The first-order valence-corrected chi connectivity index (χ1v) is 10.8. The van der Waals surface area contributed by atoms with Crippen LogP contribution in [0.25, 0.3) is 5.65 Å². The fraction of sp³-hybridized carbons (Fsp3) is 0.292. The van der Waals surface area contributed by atoms with Gasteiger partial charge in [0.2, 0.25) is 0 Å². The molecule has 0 atom stereocenters. The topological polar surface area (TPSA) is 116 Å². The Labute approximate surface area is 189 Å². The number of ketones is 1. The minimum atomic E-state index is -0.963. The van der Waals surface area contributed by atoms with Gasteiger partial charge in [0.05, 0.1) is 48.0 Å². The van der Waals surface area contributed by atoms with Gasteiger partial charge < -0.3 is 15.0 Å². The van der Waals surface area contributed by atoms with Gasteiger partial charge in [-0.2, -0.15) is 9.61 Å². The van der Waals surface area contributed by atoms with Gasteiger partial charge in [-0.15, -0.1) is 0 Å². The summed E-state index contributed by atoms with van der Waals surface area (Å²) < 4.78 is 1.72. The highest BCUT2D eigenvalue weighted by atomic mass is 16.3. The van der Waals surface area contributed by atoms with E-state index >= 15 is 0 Å². The zero-order valence-corrected chi connectivity index (χ0v) is 18.4. The second-order valence-electron chi connectivity index (χ2n) is 8.77. The Kier molecular flexibility index (Phi) is 5.05. The summed E-state index contributed by atoms with van der Waals surface area (Å²) in [7, 11) is 0. The highest BCUT2D eigenvalue weighted by Gasteiger charge is 2.23. The highest BCUT2D eigenvalue weighted by Crippen LogP contribution is 2.24. The average molecular weight is 444 g/mol. The fourth-order valence-corrected chi connectivity index (χ4v) is 4.14. The maximum Gasteiger partial charge on any atom is 0.255 e. The van der Waals surface area contributed by atoms with E-state index in [0.717, 1.165) is 17.1 Å². The van der Waals surface area contributed by atoms with Crippen LogP contribution in [0.5, 0.6) is 0 Å². The molecule has 3 aromatic heterocycles. The first kappa shape index (κ1) is 21.0. The Balaban J connectivity index is 1.44. The molecular formula is C24H24N6O3. The molecule has 0 radical (unpaired) electrons. The van der Waals surface area contributed by atoms with Gasteiger partial charge in [0.25, 0.3) is 5.56 Å². The van der Waals surface area contributed by atoms with Crippen LogP contribution in [0.4, 0.5) is 5.82 Å². The van der Waals surface area contributed by atoms with E-state index in [0.29, 0.717) is 42.0 Å². The number of carbonyl (C=O) groups is 1. The lowest BCUT2D eigenvalue weighted by molar-refractivity contribution is 0.0784. The molecule has 2 N–H and O–H groups in total. The molecule has 0 amide bonds. The molecule has 0 saturated carbocycles. The van der Waals surface area contributed by atoms with Crippen LogP contribution in [0.15, 0.2) is 53.7 Å². The minimum absolute atomic E-state index is 0.0655. The van der Waals surface area contributed by atoms with Crippen LogP contribution in [-0.2, 0) is 25.0 Å². The number of aromatic amines is 1. The normalized spacial score (nSPS) is 13.8. The number of carbonyl (C=O) groups excluding carboxylic acids is 1. The van der Waals surface area contributed by atoms with Crippen molar-refractivity contribution in [3.63, 3.8) is 0 Å². The molecule has 4 heterocycles. The van der Waals surface area contributed by atoms with E-state index < -0.39 is 5.60 Å². The van der Waals surface area contributed by atoms with Crippen LogP contribution < -0.4 is 10.5 Å². The van der Waals surface area contributed by atoms with Crippen LogP contribution in [-0.4, -0.2) is 42.0 Å². The molecule has 0 saturated heterocycles. The van der Waals surface area contributed by atoms with Gasteiger partial charge in [-0.25, -0.2) is 9.97 Å². The Morgan fingerprint density at radius 2 is 2.00 bits per heavy atom. The monoisotopic (exact) mass is 444 g/mol. The minimum Gasteiger partial charge on any atom is -0.386 e. The average Bonchev–Trinajstić information content (AvgIpc) is 3.27. The van der Waals surface area contributed by atoms with Gasteiger partial charge in [-0.1, -0.05) is 24.3 Å². The van der Waals surface area contributed by atoms with E-state index in [9.17, 15) is 14.7 Å². The molecular weight excluding hydrogens is 420 g/mol. The van der Waals surface area contributed by atoms with Crippen LogP contribution in [0.1, 0.15) is 46.7 Å². The third-order valence-electron chi connectivity index (χ3n) is 5.98. The van der Waals surface area contributed by atoms with Gasteiger partial charge in [-0.05, 0) is 19.4 Å². The van der Waals surface area contributed by atoms with Gasteiger partial charge in [0.1, 0.15) is 5.82 Å². The number of anilines is 1. The standard InChI is InChI=1S/C24H24N6O3/c1-24(2,33)16-5-3-15(4-6-16)20(31)11-17-12-22(30-21(28-17)7-9-27-30)29-10-8-19-18(13-29)23(32)26-14-25-19/h3-7,9,12,14,33H,8,10-11,13H2,1-2H3,(H,25,26,32). The Bertz CT molecular complexity index is 1400. The number of H-pyrrole nitrogens is 1. The summed E-state index contributed by atoms with van der Waals surface area (Å²) in [4.78, 5) is 38.9. The first-order chi connectivity index (χ1) is 15.8. The molecule has 1 aliphatic rings. The molecule has 9 heteroatoms. The van der Waals surface area contributed by atoms with Crippen molar-refractivity contribution in [3.8, 4) is 0 Å². The van der Waals surface area contributed by atoms with E-state index in [2.05, 4.69) is 25.0 Å². The van der Waals surface area contributed by atoms with E-state index in [4.69, 9.17) is 0 Å². The van der Waals surface area contributed by atoms with Crippen LogP contribution in [0.2, 0.25) is 0 Å². The van der Waals surface area contributed by atoms with Gasteiger partial charge in [0, 0.05) is 30.7 Å². The maximum atomic E-state index is 13.0. The molecule has 0 unspecified atom stereocenters. The second kappa shape index (κ2) is 7.93. The second-order valence-corrected chi connectivity index (χ2v) is 8.77. The molecule has 168 valence electrons. The van der Waals surface area contributed by atoms with Crippen molar-refractivity contribution in [1.82, 2.24) is 24.6 Å². The predicted molar refractivity (Wildman–Crippen MR) is 122 cm³/mol. The first-order valence-electron chi connectivity index (χ1n) is 10.8. The Morgan fingerprint density at radius 3 is 2.76 bits per heavy atom. The van der Waals surface area contributed by atoms with Gasteiger partial charge >= 0.3 is 0 Å². The van der Waals surface area contributed by atoms with E-state index in [1.807, 2.05) is 6.07 Å². The highest BCUT2D eigenvalue weighted by molar-refractivity contribution is 5.97. The van der Waals surface area contributed by atoms with Crippen molar-refractivity contribution in [2.45, 2.75) is 38.8 Å². The summed E-state index contributed by atoms with van der Waals surface area (Å²) >= 11 is 0. The summed E-state index contributed by atoms with van der Waals surface area (Å²) in [5.74, 6) is 0.711. The summed E-state index contributed by atoms with van der Waals surface area (Å²) in [6.07, 6.45) is 3.88. The molecule has 9 nitrogen and oxygen atoms in total. The molecule has 33 heavy (non-hydrogen) atoms. The number of rotatable bonds is 5. The number of aliphatic hydroxyl groups is 1. The zero-order chi connectivity index (χ0) is 23.2. The third kappa shape index (κ3) is 4.03. The SMILES string of the molecule is CC(C)(O)c1ccc(C(=O)Cc2cc(N3CCc4nc[nH]c(=O)c4C3)n3nccc3n2)cc1. The molecule has 1 aromatic carbocycles. The van der Waals surface area contributed by atoms with E-state index in [1.54, 1.807) is 54.9 Å². The molecule has 0 bridgehead atoms. The summed E-state index contributed by atoms with van der Waals surface area (Å²) in [5, 5.41) is 14.5. The van der Waals surface area contributed by atoms with Crippen LogP contribution in [0.3, 0.4) is 0 Å². The quantitative estimate of drug-likeness (QED) is 0.453. The summed E-state index contributed by atoms with van der Waals surface area (Å²) in [6, 6.07) is 10.6. The number of Topliss-reactive ketones (excluding diaryl/α,β-unsaturated/α-hetero) is 1.